The van der Waals surface area contributed by atoms with Crippen molar-refractivity contribution in [2.75, 3.05) is 6.54 Å². The first-order valence-corrected chi connectivity index (χ1v) is 6.36. The Morgan fingerprint density at radius 2 is 2.12 bits per heavy atom. The average molecular weight is 220 g/mol. The number of hydrogen-bond donors (Lipinski definition) is 0. The van der Waals surface area contributed by atoms with Crippen LogP contribution in [0.25, 0.3) is 0 Å². The van der Waals surface area contributed by atoms with Crippen LogP contribution in [-0.2, 0) is 4.79 Å². The monoisotopic (exact) mass is 220 g/mol. The van der Waals surface area contributed by atoms with Gasteiger partial charge in [-0.2, -0.15) is 5.11 Å². The first kappa shape index (κ1) is 9.10. The lowest BCUT2D eigenvalue weighted by atomic mass is 9.83. The second-order valence-corrected chi connectivity index (χ2v) is 5.34. The van der Waals surface area contributed by atoms with Gasteiger partial charge in [-0.25, -0.2) is 5.01 Å². The molecule has 0 aromatic rings. The van der Waals surface area contributed by atoms with Crippen molar-refractivity contribution in [3.05, 3.63) is 0 Å². The zero-order valence-corrected chi connectivity index (χ0v) is 9.25. The van der Waals surface area contributed by atoms with Gasteiger partial charge in [-0.1, -0.05) is 5.22 Å². The van der Waals surface area contributed by atoms with Gasteiger partial charge in [-0.3, -0.25) is 9.69 Å². The normalized spacial score (nSPS) is 46.0. The molecule has 3 fully saturated rings. The summed E-state index contributed by atoms with van der Waals surface area (Å²) in [5, 5.41) is 10.1. The summed E-state index contributed by atoms with van der Waals surface area (Å²) in [4.78, 5) is 14.7. The highest BCUT2D eigenvalue weighted by atomic mass is 16.2. The van der Waals surface area contributed by atoms with Gasteiger partial charge in [0.15, 0.2) is 0 Å². The summed E-state index contributed by atoms with van der Waals surface area (Å²) < 4.78 is 0. The zero-order chi connectivity index (χ0) is 10.7. The smallest absolute Gasteiger partial charge is 0.261 e. The molecule has 0 bridgehead atoms. The quantitative estimate of drug-likeness (QED) is 0.610. The minimum absolute atomic E-state index is 0.108. The van der Waals surface area contributed by atoms with Crippen LogP contribution in [0, 0.1) is 0 Å². The Bertz CT molecular complexity index is 369. The van der Waals surface area contributed by atoms with Crippen molar-refractivity contribution >= 4 is 5.91 Å². The summed E-state index contributed by atoms with van der Waals surface area (Å²) in [6.45, 7) is 1.10. The number of nitrogens with zero attached hydrogens (tertiary/aromatic N) is 4. The van der Waals surface area contributed by atoms with Crippen molar-refractivity contribution in [1.82, 2.24) is 9.91 Å². The third-order valence-electron chi connectivity index (χ3n) is 4.60. The van der Waals surface area contributed by atoms with Crippen LogP contribution >= 0.6 is 0 Å². The Morgan fingerprint density at radius 3 is 3.06 bits per heavy atom. The lowest BCUT2D eigenvalue weighted by Crippen LogP contribution is -2.65. The molecule has 4 atom stereocenters. The Morgan fingerprint density at radius 1 is 1.19 bits per heavy atom. The topological polar surface area (TPSA) is 48.3 Å². The van der Waals surface area contributed by atoms with Gasteiger partial charge in [0.2, 0.25) is 0 Å². The molecule has 0 aromatic heterocycles. The molecule has 1 saturated carbocycles. The first-order chi connectivity index (χ1) is 7.86. The highest BCUT2D eigenvalue weighted by molar-refractivity contribution is 5.83. The lowest BCUT2D eigenvalue weighted by molar-refractivity contribution is -0.148. The number of rotatable bonds is 0. The lowest BCUT2D eigenvalue weighted by Gasteiger charge is -2.47. The fourth-order valence-corrected chi connectivity index (χ4v) is 3.92. The number of carbonyl (C=O) groups is 1. The maximum absolute atomic E-state index is 12.3. The van der Waals surface area contributed by atoms with E-state index in [1.54, 1.807) is 5.01 Å². The third-order valence-corrected chi connectivity index (χ3v) is 4.60. The minimum Gasteiger partial charge on any atom is -0.287 e. The van der Waals surface area contributed by atoms with Crippen molar-refractivity contribution in [1.29, 1.82) is 0 Å². The zero-order valence-electron chi connectivity index (χ0n) is 9.25. The van der Waals surface area contributed by atoms with Gasteiger partial charge in [0.05, 0.1) is 18.1 Å². The first-order valence-electron chi connectivity index (χ1n) is 6.36. The molecule has 3 heterocycles. The fourth-order valence-electron chi connectivity index (χ4n) is 3.92. The molecule has 5 nitrogen and oxygen atoms in total. The van der Waals surface area contributed by atoms with Crippen molar-refractivity contribution in [3.63, 3.8) is 0 Å². The molecule has 1 aliphatic carbocycles. The largest absolute Gasteiger partial charge is 0.287 e. The summed E-state index contributed by atoms with van der Waals surface area (Å²) in [5.41, 5.74) is 0. The predicted octanol–water partition coefficient (Wildman–Crippen LogP) is 0.964. The van der Waals surface area contributed by atoms with E-state index in [-0.39, 0.29) is 24.0 Å². The van der Waals surface area contributed by atoms with Crippen molar-refractivity contribution in [2.45, 2.75) is 56.3 Å². The van der Waals surface area contributed by atoms with E-state index in [0.717, 1.165) is 25.8 Å². The van der Waals surface area contributed by atoms with Crippen molar-refractivity contribution in [3.8, 4) is 0 Å². The molecule has 0 spiro atoms. The number of hydrogen-bond acceptors (Lipinski definition) is 4. The standard InChI is InChI=1S/C11H16N4O/c16-11-9-5-2-6-14(9)8-4-1-3-7-10(8)15(11)13-12-7/h7-10H,1-6H2/t7-,8+,9-,10-/m0/s1. The third kappa shape index (κ3) is 0.973. The average Bonchev–Trinajstić information content (AvgIpc) is 2.93. The molecule has 2 saturated heterocycles. The molecule has 4 aliphatic rings. The van der Waals surface area contributed by atoms with E-state index in [1.165, 1.54) is 12.8 Å². The summed E-state index contributed by atoms with van der Waals surface area (Å²) in [5.74, 6) is 0.201. The van der Waals surface area contributed by atoms with Gasteiger partial charge in [-0.05, 0) is 38.6 Å². The van der Waals surface area contributed by atoms with Crippen molar-refractivity contribution in [2.24, 2.45) is 10.3 Å². The van der Waals surface area contributed by atoms with Gasteiger partial charge < -0.3 is 0 Å². The Labute approximate surface area is 94.5 Å². The summed E-state index contributed by atoms with van der Waals surface area (Å²) in [6, 6.07) is 1.18. The van der Waals surface area contributed by atoms with Crippen LogP contribution in [0.5, 0.6) is 0 Å². The maximum atomic E-state index is 12.3. The molecule has 4 rings (SSSR count). The second-order valence-electron chi connectivity index (χ2n) is 5.34. The van der Waals surface area contributed by atoms with E-state index >= 15 is 0 Å². The van der Waals surface area contributed by atoms with E-state index < -0.39 is 0 Å². The van der Waals surface area contributed by atoms with Gasteiger partial charge in [0.1, 0.15) is 0 Å². The Hall–Kier alpha value is -0.970. The van der Waals surface area contributed by atoms with Crippen molar-refractivity contribution < 1.29 is 4.79 Å². The molecule has 5 heteroatoms. The summed E-state index contributed by atoms with van der Waals surface area (Å²) in [7, 11) is 0. The van der Waals surface area contributed by atoms with Crippen LogP contribution in [0.15, 0.2) is 10.3 Å². The number of amides is 1. The minimum atomic E-state index is 0.108. The van der Waals surface area contributed by atoms with Crippen LogP contribution in [0.3, 0.4) is 0 Å². The van der Waals surface area contributed by atoms with Gasteiger partial charge in [0, 0.05) is 6.04 Å². The second kappa shape index (κ2) is 3.03. The van der Waals surface area contributed by atoms with Crippen LogP contribution in [-0.4, -0.2) is 46.5 Å². The van der Waals surface area contributed by atoms with E-state index in [0.29, 0.717) is 6.04 Å². The summed E-state index contributed by atoms with van der Waals surface area (Å²) >= 11 is 0. The molecule has 0 N–H and O–H groups in total. The van der Waals surface area contributed by atoms with E-state index in [1.807, 2.05) is 0 Å². The molecule has 86 valence electrons. The van der Waals surface area contributed by atoms with Crippen LogP contribution in [0.4, 0.5) is 0 Å². The maximum Gasteiger partial charge on any atom is 0.261 e. The van der Waals surface area contributed by atoms with E-state index in [2.05, 4.69) is 15.2 Å². The molecule has 3 aliphatic heterocycles. The molecule has 1 amide bonds. The number of piperazine rings is 1. The van der Waals surface area contributed by atoms with Crippen LogP contribution in [0.1, 0.15) is 32.1 Å². The molecule has 0 radical (unpaired) electrons. The Balaban J connectivity index is 1.76. The summed E-state index contributed by atoms with van der Waals surface area (Å²) in [6.07, 6.45) is 5.73. The fraction of sp³-hybridized carbons (Fsp3) is 0.909. The van der Waals surface area contributed by atoms with E-state index in [4.69, 9.17) is 0 Å². The van der Waals surface area contributed by atoms with E-state index in [9.17, 15) is 4.79 Å². The Kier molecular flexibility index (Phi) is 1.72. The molecular formula is C11H16N4O. The number of fused-ring (bicyclic) bond motifs is 2. The van der Waals surface area contributed by atoms with Gasteiger partial charge in [-0.15, -0.1) is 0 Å². The number of carbonyl (C=O) groups excluding carboxylic acids is 1. The molecule has 16 heavy (non-hydrogen) atoms. The highest BCUT2D eigenvalue weighted by Crippen LogP contribution is 2.41. The highest BCUT2D eigenvalue weighted by Gasteiger charge is 2.54. The van der Waals surface area contributed by atoms with Crippen LogP contribution in [0.2, 0.25) is 0 Å². The van der Waals surface area contributed by atoms with Gasteiger partial charge >= 0.3 is 0 Å². The molecular weight excluding hydrogens is 204 g/mol. The van der Waals surface area contributed by atoms with Gasteiger partial charge in [0.25, 0.3) is 5.91 Å². The molecule has 0 aromatic carbocycles. The SMILES string of the molecule is O=C1[C@@H]2CCCN2[C@@H]2CCC[C@@H]3N=NN1[C@@H]32. The molecule has 0 unspecified atom stereocenters. The predicted molar refractivity (Wildman–Crippen MR) is 56.6 cm³/mol. The van der Waals surface area contributed by atoms with Crippen LogP contribution < -0.4 is 0 Å².